The summed E-state index contributed by atoms with van der Waals surface area (Å²) in [4.78, 5) is 19.2. The highest BCUT2D eigenvalue weighted by atomic mass is 32.2. The molecule has 0 unspecified atom stereocenters. The molecule has 1 aliphatic rings. The number of rotatable bonds is 7. The number of hydrogen-bond acceptors (Lipinski definition) is 6. The Balaban J connectivity index is 1.55. The summed E-state index contributed by atoms with van der Waals surface area (Å²) in [6.07, 6.45) is 0. The van der Waals surface area contributed by atoms with Crippen LogP contribution in [-0.2, 0) is 26.1 Å². The van der Waals surface area contributed by atoms with Gasteiger partial charge in [-0.1, -0.05) is 30.0 Å². The van der Waals surface area contributed by atoms with Gasteiger partial charge in [0, 0.05) is 32.4 Å². The first-order valence-electron chi connectivity index (χ1n) is 10.4. The maximum absolute atomic E-state index is 13.0. The third-order valence-corrected chi connectivity index (χ3v) is 8.31. The van der Waals surface area contributed by atoms with E-state index < -0.39 is 10.0 Å². The van der Waals surface area contributed by atoms with Gasteiger partial charge in [0.15, 0.2) is 5.16 Å². The standard InChI is InChI=1S/C22H26N4O4S2/c1-3-26-20-10-9-18(32(28,29)25-11-13-30-14-12-25)15-19(20)23-22(26)31-16-21(27)24(2)17-7-5-4-6-8-17/h4-10,15H,3,11-14,16H2,1-2H3. The number of nitrogens with zero attached hydrogens (tertiary/aromatic N) is 4. The maximum Gasteiger partial charge on any atom is 0.243 e. The second-order valence-corrected chi connectivity index (χ2v) is 10.3. The van der Waals surface area contributed by atoms with Crippen LogP contribution in [0.15, 0.2) is 58.6 Å². The molecule has 1 aromatic heterocycles. The number of thioether (sulfide) groups is 1. The van der Waals surface area contributed by atoms with Crippen molar-refractivity contribution in [2.24, 2.45) is 0 Å². The Labute approximate surface area is 192 Å². The summed E-state index contributed by atoms with van der Waals surface area (Å²) >= 11 is 1.35. The Morgan fingerprint density at radius 1 is 1.16 bits per heavy atom. The van der Waals surface area contributed by atoms with Gasteiger partial charge in [0.25, 0.3) is 0 Å². The molecular formula is C22H26N4O4S2. The van der Waals surface area contributed by atoms with Crippen molar-refractivity contribution in [3.05, 3.63) is 48.5 Å². The van der Waals surface area contributed by atoms with Crippen LogP contribution in [0.1, 0.15) is 6.92 Å². The van der Waals surface area contributed by atoms with Crippen LogP contribution in [0, 0.1) is 0 Å². The average Bonchev–Trinajstić information content (AvgIpc) is 3.19. The van der Waals surface area contributed by atoms with E-state index in [1.54, 1.807) is 30.1 Å². The van der Waals surface area contributed by atoms with E-state index >= 15 is 0 Å². The van der Waals surface area contributed by atoms with E-state index in [4.69, 9.17) is 4.74 Å². The molecule has 0 saturated carbocycles. The van der Waals surface area contributed by atoms with E-state index in [2.05, 4.69) is 4.98 Å². The molecule has 0 spiro atoms. The molecule has 3 aromatic rings. The highest BCUT2D eigenvalue weighted by molar-refractivity contribution is 7.99. The molecule has 0 aliphatic carbocycles. The number of imidazole rings is 1. The predicted molar refractivity (Wildman–Crippen MR) is 126 cm³/mol. The van der Waals surface area contributed by atoms with Gasteiger partial charge in [-0.2, -0.15) is 4.31 Å². The zero-order chi connectivity index (χ0) is 22.7. The Morgan fingerprint density at radius 2 is 1.88 bits per heavy atom. The van der Waals surface area contributed by atoms with Crippen LogP contribution in [-0.4, -0.2) is 67.3 Å². The molecule has 0 N–H and O–H groups in total. The quantitative estimate of drug-likeness (QED) is 0.490. The minimum absolute atomic E-state index is 0.0357. The average molecular weight is 475 g/mol. The number of anilines is 1. The molecule has 0 atom stereocenters. The number of aryl methyl sites for hydroxylation is 1. The first kappa shape index (κ1) is 22.8. The monoisotopic (exact) mass is 474 g/mol. The summed E-state index contributed by atoms with van der Waals surface area (Å²) in [5, 5.41) is 0.693. The number of para-hydroxylation sites is 1. The second-order valence-electron chi connectivity index (χ2n) is 7.38. The lowest BCUT2D eigenvalue weighted by molar-refractivity contribution is -0.115. The number of ether oxygens (including phenoxy) is 1. The minimum Gasteiger partial charge on any atom is -0.379 e. The Bertz CT molecular complexity index is 1210. The van der Waals surface area contributed by atoms with Gasteiger partial charge in [0.1, 0.15) is 0 Å². The van der Waals surface area contributed by atoms with Crippen molar-refractivity contribution >= 4 is 44.4 Å². The number of hydrogen-bond donors (Lipinski definition) is 0. The molecule has 1 saturated heterocycles. The fraction of sp³-hybridized carbons (Fsp3) is 0.364. The molecule has 0 bridgehead atoms. The van der Waals surface area contributed by atoms with E-state index in [9.17, 15) is 13.2 Å². The number of aromatic nitrogens is 2. The van der Waals surface area contributed by atoms with Crippen molar-refractivity contribution < 1.29 is 17.9 Å². The van der Waals surface area contributed by atoms with Gasteiger partial charge in [-0.05, 0) is 37.3 Å². The lowest BCUT2D eigenvalue weighted by Crippen LogP contribution is -2.40. The summed E-state index contributed by atoms with van der Waals surface area (Å²) in [7, 11) is -1.84. The van der Waals surface area contributed by atoms with Crippen LogP contribution in [0.3, 0.4) is 0 Å². The number of carbonyl (C=O) groups excluding carboxylic acids is 1. The number of morpholine rings is 1. The van der Waals surface area contributed by atoms with Crippen molar-refractivity contribution in [2.75, 3.05) is 44.0 Å². The summed E-state index contributed by atoms with van der Waals surface area (Å²) in [5.41, 5.74) is 2.28. The van der Waals surface area contributed by atoms with Gasteiger partial charge < -0.3 is 14.2 Å². The molecule has 170 valence electrons. The molecule has 2 aromatic carbocycles. The van der Waals surface area contributed by atoms with Crippen LogP contribution in [0.4, 0.5) is 5.69 Å². The van der Waals surface area contributed by atoms with Gasteiger partial charge in [0.05, 0.1) is 34.9 Å². The van der Waals surface area contributed by atoms with Crippen molar-refractivity contribution in [3.8, 4) is 0 Å². The molecular weight excluding hydrogens is 448 g/mol. The molecule has 1 amide bonds. The number of fused-ring (bicyclic) bond motifs is 1. The molecule has 10 heteroatoms. The summed E-state index contributed by atoms with van der Waals surface area (Å²) in [5.74, 6) is 0.194. The molecule has 32 heavy (non-hydrogen) atoms. The first-order chi connectivity index (χ1) is 15.4. The lowest BCUT2D eigenvalue weighted by atomic mass is 10.3. The fourth-order valence-electron chi connectivity index (χ4n) is 3.62. The van der Waals surface area contributed by atoms with Crippen LogP contribution >= 0.6 is 11.8 Å². The Morgan fingerprint density at radius 3 is 2.56 bits per heavy atom. The lowest BCUT2D eigenvalue weighted by Gasteiger charge is -2.26. The number of carbonyl (C=O) groups is 1. The summed E-state index contributed by atoms with van der Waals surface area (Å²) in [6, 6.07) is 14.5. The third kappa shape index (κ3) is 4.54. The third-order valence-electron chi connectivity index (χ3n) is 5.45. The van der Waals surface area contributed by atoms with Crippen LogP contribution in [0.25, 0.3) is 11.0 Å². The Kier molecular flexibility index (Phi) is 6.85. The highest BCUT2D eigenvalue weighted by Gasteiger charge is 2.27. The molecule has 0 radical (unpaired) electrons. The Hall–Kier alpha value is -2.40. The van der Waals surface area contributed by atoms with Crippen molar-refractivity contribution in [3.63, 3.8) is 0 Å². The van der Waals surface area contributed by atoms with Gasteiger partial charge >= 0.3 is 0 Å². The highest BCUT2D eigenvalue weighted by Crippen LogP contribution is 2.28. The zero-order valence-electron chi connectivity index (χ0n) is 18.1. The number of benzene rings is 2. The molecule has 4 rings (SSSR count). The van der Waals surface area contributed by atoms with E-state index in [-0.39, 0.29) is 16.6 Å². The van der Waals surface area contributed by atoms with E-state index in [1.807, 2.05) is 41.8 Å². The minimum atomic E-state index is -3.59. The molecule has 1 aliphatic heterocycles. The number of sulfonamides is 1. The van der Waals surface area contributed by atoms with Crippen LogP contribution in [0.5, 0.6) is 0 Å². The summed E-state index contributed by atoms with van der Waals surface area (Å²) < 4.78 is 34.7. The van der Waals surface area contributed by atoms with Crippen molar-refractivity contribution in [1.29, 1.82) is 0 Å². The smallest absolute Gasteiger partial charge is 0.243 e. The number of amides is 1. The topological polar surface area (TPSA) is 84.7 Å². The van der Waals surface area contributed by atoms with E-state index in [0.29, 0.717) is 43.5 Å². The van der Waals surface area contributed by atoms with Crippen LogP contribution in [0.2, 0.25) is 0 Å². The van der Waals surface area contributed by atoms with Crippen LogP contribution < -0.4 is 4.90 Å². The predicted octanol–water partition coefficient (Wildman–Crippen LogP) is 2.83. The normalized spacial score (nSPS) is 15.2. The SMILES string of the molecule is CCn1c(SCC(=O)N(C)c2ccccc2)nc2cc(S(=O)(=O)N3CCOCC3)ccc21. The zero-order valence-corrected chi connectivity index (χ0v) is 19.7. The van der Waals surface area contributed by atoms with Crippen molar-refractivity contribution in [1.82, 2.24) is 13.9 Å². The maximum atomic E-state index is 13.0. The molecule has 8 nitrogen and oxygen atoms in total. The first-order valence-corrected chi connectivity index (χ1v) is 12.9. The molecule has 1 fully saturated rings. The van der Waals surface area contributed by atoms with Gasteiger partial charge in [-0.3, -0.25) is 4.79 Å². The van der Waals surface area contributed by atoms with E-state index in [1.165, 1.54) is 16.1 Å². The van der Waals surface area contributed by atoms with Gasteiger partial charge in [-0.25, -0.2) is 13.4 Å². The van der Waals surface area contributed by atoms with E-state index in [0.717, 1.165) is 11.2 Å². The fourth-order valence-corrected chi connectivity index (χ4v) is 6.04. The molecule has 2 heterocycles. The van der Waals surface area contributed by atoms with Gasteiger partial charge in [0.2, 0.25) is 15.9 Å². The van der Waals surface area contributed by atoms with Crippen molar-refractivity contribution in [2.45, 2.75) is 23.5 Å². The summed E-state index contributed by atoms with van der Waals surface area (Å²) in [6.45, 7) is 4.17. The van der Waals surface area contributed by atoms with Gasteiger partial charge in [-0.15, -0.1) is 0 Å². The second kappa shape index (κ2) is 9.62. The largest absolute Gasteiger partial charge is 0.379 e.